The second-order valence-electron chi connectivity index (χ2n) is 6.04. The summed E-state index contributed by atoms with van der Waals surface area (Å²) in [7, 11) is 1.77. The monoisotopic (exact) mass is 349 g/mol. The zero-order valence-corrected chi connectivity index (χ0v) is 14.4. The van der Waals surface area contributed by atoms with Crippen LogP contribution >= 0.6 is 0 Å². The molecule has 8 nitrogen and oxygen atoms in total. The summed E-state index contributed by atoms with van der Waals surface area (Å²) in [4.78, 5) is 23.5. The molecule has 1 aliphatic rings. The van der Waals surface area contributed by atoms with E-state index in [1.54, 1.807) is 35.1 Å². The van der Waals surface area contributed by atoms with E-state index in [2.05, 4.69) is 25.7 Å². The van der Waals surface area contributed by atoms with E-state index in [1.165, 1.54) is 0 Å². The summed E-state index contributed by atoms with van der Waals surface area (Å²) in [5, 5.41) is 10.6. The summed E-state index contributed by atoms with van der Waals surface area (Å²) in [6.07, 6.45) is 3.38. The van der Waals surface area contributed by atoms with Gasteiger partial charge in [-0.1, -0.05) is 18.2 Å². The van der Waals surface area contributed by atoms with Crippen LogP contribution in [-0.4, -0.2) is 43.6 Å². The Morgan fingerprint density at radius 3 is 2.85 bits per heavy atom. The molecule has 2 N–H and O–H groups in total. The van der Waals surface area contributed by atoms with Gasteiger partial charge in [0.15, 0.2) is 0 Å². The maximum Gasteiger partial charge on any atom is 0.272 e. The average molecular weight is 349 g/mol. The summed E-state index contributed by atoms with van der Waals surface area (Å²) < 4.78 is 1.59. The highest BCUT2D eigenvalue weighted by Crippen LogP contribution is 2.21. The Morgan fingerprint density at radius 1 is 1.23 bits per heavy atom. The quantitative estimate of drug-likeness (QED) is 0.752. The third-order valence-electron chi connectivity index (χ3n) is 4.26. The van der Waals surface area contributed by atoms with Gasteiger partial charge >= 0.3 is 0 Å². The fraction of sp³-hybridized carbons (Fsp3) is 0.222. The van der Waals surface area contributed by atoms with Crippen molar-refractivity contribution in [3.63, 3.8) is 0 Å². The molecule has 3 aromatic rings. The number of fused-ring (bicyclic) bond motifs is 1. The summed E-state index contributed by atoms with van der Waals surface area (Å²) >= 11 is 0. The first-order chi connectivity index (χ1) is 12.7. The first-order valence-corrected chi connectivity index (χ1v) is 8.40. The zero-order chi connectivity index (χ0) is 17.9. The minimum absolute atomic E-state index is 0.0594. The number of amides is 1. The molecule has 0 bridgehead atoms. The molecule has 0 saturated carbocycles. The molecular weight excluding hydrogens is 330 g/mol. The maximum atomic E-state index is 12.8. The second-order valence-corrected chi connectivity index (χ2v) is 6.04. The van der Waals surface area contributed by atoms with Crippen LogP contribution in [0.15, 0.2) is 48.8 Å². The van der Waals surface area contributed by atoms with Crippen molar-refractivity contribution in [3.05, 3.63) is 60.2 Å². The van der Waals surface area contributed by atoms with E-state index in [4.69, 9.17) is 0 Å². The maximum absolute atomic E-state index is 12.8. The summed E-state index contributed by atoms with van der Waals surface area (Å²) in [5.74, 6) is 0.447. The lowest BCUT2D eigenvalue weighted by atomic mass is 10.3. The Kier molecular flexibility index (Phi) is 4.22. The molecule has 0 aliphatic carbocycles. The number of nitrogens with zero attached hydrogens (tertiary/aromatic N) is 5. The van der Waals surface area contributed by atoms with Gasteiger partial charge in [-0.3, -0.25) is 9.48 Å². The van der Waals surface area contributed by atoms with Gasteiger partial charge in [-0.15, -0.1) is 0 Å². The largest absolute Gasteiger partial charge is 0.380 e. The lowest BCUT2D eigenvalue weighted by Crippen LogP contribution is -2.34. The molecule has 26 heavy (non-hydrogen) atoms. The molecule has 1 amide bonds. The standard InChI is InChI=1S/C18H19N7O/c1-24-16(7-8-21-24)17(26)25-10-9-19-14-11-20-18(23-15(14)12-25)22-13-5-3-2-4-6-13/h2-8,11,19H,9-10,12H2,1H3,(H,20,22,23). The van der Waals surface area contributed by atoms with E-state index < -0.39 is 0 Å². The van der Waals surface area contributed by atoms with Crippen molar-refractivity contribution in [1.82, 2.24) is 24.6 Å². The van der Waals surface area contributed by atoms with Crippen LogP contribution in [0, 0.1) is 0 Å². The van der Waals surface area contributed by atoms with E-state index in [1.807, 2.05) is 30.3 Å². The number of anilines is 3. The number of nitrogens with one attached hydrogen (secondary N) is 2. The second kappa shape index (κ2) is 6.83. The van der Waals surface area contributed by atoms with Gasteiger partial charge in [0.1, 0.15) is 5.69 Å². The summed E-state index contributed by atoms with van der Waals surface area (Å²) in [5.41, 5.74) is 3.11. The molecule has 1 aliphatic heterocycles. The summed E-state index contributed by atoms with van der Waals surface area (Å²) in [6.45, 7) is 1.64. The Balaban J connectivity index is 1.58. The first-order valence-electron chi connectivity index (χ1n) is 8.40. The smallest absolute Gasteiger partial charge is 0.272 e. The van der Waals surface area contributed by atoms with Crippen LogP contribution in [0.5, 0.6) is 0 Å². The van der Waals surface area contributed by atoms with E-state index >= 15 is 0 Å². The minimum atomic E-state index is -0.0594. The van der Waals surface area contributed by atoms with Crippen molar-refractivity contribution >= 4 is 23.2 Å². The third kappa shape index (κ3) is 3.21. The van der Waals surface area contributed by atoms with Gasteiger partial charge in [-0.05, 0) is 18.2 Å². The van der Waals surface area contributed by atoms with Gasteiger partial charge in [0.2, 0.25) is 5.95 Å². The van der Waals surface area contributed by atoms with E-state index in [0.717, 1.165) is 17.1 Å². The minimum Gasteiger partial charge on any atom is -0.380 e. The van der Waals surface area contributed by atoms with Gasteiger partial charge in [0, 0.05) is 32.0 Å². The number of para-hydroxylation sites is 1. The van der Waals surface area contributed by atoms with Crippen molar-refractivity contribution in [2.75, 3.05) is 23.7 Å². The Bertz CT molecular complexity index is 922. The molecule has 1 aromatic carbocycles. The van der Waals surface area contributed by atoms with Gasteiger partial charge in [-0.25, -0.2) is 9.97 Å². The molecule has 132 valence electrons. The van der Waals surface area contributed by atoms with Gasteiger partial charge in [-0.2, -0.15) is 5.10 Å². The average Bonchev–Trinajstić information content (AvgIpc) is 2.97. The van der Waals surface area contributed by atoms with Crippen LogP contribution in [0.4, 0.5) is 17.3 Å². The van der Waals surface area contributed by atoms with Crippen LogP contribution in [0.2, 0.25) is 0 Å². The highest BCUT2D eigenvalue weighted by Gasteiger charge is 2.23. The van der Waals surface area contributed by atoms with Crippen LogP contribution in [0.3, 0.4) is 0 Å². The fourth-order valence-electron chi connectivity index (χ4n) is 2.90. The molecule has 8 heteroatoms. The topological polar surface area (TPSA) is 88.0 Å². The van der Waals surface area contributed by atoms with Crippen molar-refractivity contribution < 1.29 is 4.79 Å². The summed E-state index contributed by atoms with van der Waals surface area (Å²) in [6, 6.07) is 11.5. The van der Waals surface area contributed by atoms with Crippen LogP contribution in [0.1, 0.15) is 16.2 Å². The highest BCUT2D eigenvalue weighted by molar-refractivity contribution is 5.92. The zero-order valence-electron chi connectivity index (χ0n) is 14.4. The van der Waals surface area contributed by atoms with Crippen molar-refractivity contribution in [2.45, 2.75) is 6.54 Å². The SMILES string of the molecule is Cn1nccc1C(=O)N1CCNc2cnc(Nc3ccccc3)nc2C1. The lowest BCUT2D eigenvalue weighted by molar-refractivity contribution is 0.0740. The molecule has 0 radical (unpaired) electrons. The fourth-order valence-corrected chi connectivity index (χ4v) is 2.90. The van der Waals surface area contributed by atoms with Gasteiger partial charge in [0.25, 0.3) is 5.91 Å². The molecule has 0 unspecified atom stereocenters. The molecule has 0 saturated heterocycles. The van der Waals surface area contributed by atoms with Crippen LogP contribution < -0.4 is 10.6 Å². The van der Waals surface area contributed by atoms with E-state index in [9.17, 15) is 4.79 Å². The number of carbonyl (C=O) groups excluding carboxylic acids is 1. The number of carbonyl (C=O) groups is 1. The Hall–Kier alpha value is -3.42. The molecule has 0 atom stereocenters. The van der Waals surface area contributed by atoms with Crippen molar-refractivity contribution in [1.29, 1.82) is 0 Å². The van der Waals surface area contributed by atoms with Crippen molar-refractivity contribution in [2.24, 2.45) is 7.05 Å². The predicted octanol–water partition coefficient (Wildman–Crippen LogP) is 2.02. The number of rotatable bonds is 3. The molecule has 2 aromatic heterocycles. The number of benzene rings is 1. The van der Waals surface area contributed by atoms with Gasteiger partial charge in [0.05, 0.1) is 24.1 Å². The third-order valence-corrected chi connectivity index (χ3v) is 4.26. The lowest BCUT2D eigenvalue weighted by Gasteiger charge is -2.20. The molecule has 3 heterocycles. The Morgan fingerprint density at radius 2 is 2.08 bits per heavy atom. The number of aryl methyl sites for hydroxylation is 1. The molecule has 0 fully saturated rings. The van der Waals surface area contributed by atoms with E-state index in [-0.39, 0.29) is 5.91 Å². The predicted molar refractivity (Wildman–Crippen MR) is 98.2 cm³/mol. The van der Waals surface area contributed by atoms with Crippen LogP contribution in [0.25, 0.3) is 0 Å². The highest BCUT2D eigenvalue weighted by atomic mass is 16.2. The van der Waals surface area contributed by atoms with E-state index in [0.29, 0.717) is 31.3 Å². The van der Waals surface area contributed by atoms with Crippen LogP contribution in [-0.2, 0) is 13.6 Å². The molecular formula is C18H19N7O. The normalized spacial score (nSPS) is 13.5. The van der Waals surface area contributed by atoms with Gasteiger partial charge < -0.3 is 15.5 Å². The molecule has 4 rings (SSSR count). The number of hydrogen-bond donors (Lipinski definition) is 2. The van der Waals surface area contributed by atoms with Crippen molar-refractivity contribution in [3.8, 4) is 0 Å². The number of hydrogen-bond acceptors (Lipinski definition) is 6. The first kappa shape index (κ1) is 16.1. The molecule has 0 spiro atoms. The number of aromatic nitrogens is 4. The Labute approximate surface area is 150 Å².